The van der Waals surface area contributed by atoms with Crippen LogP contribution in [0.2, 0.25) is 0 Å². The molecule has 1 aromatic carbocycles. The summed E-state index contributed by atoms with van der Waals surface area (Å²) in [7, 11) is 0. The zero-order valence-electron chi connectivity index (χ0n) is 16.3. The highest BCUT2D eigenvalue weighted by Crippen LogP contribution is 2.26. The van der Waals surface area contributed by atoms with E-state index in [2.05, 4.69) is 29.7 Å². The number of hydrogen-bond acceptors (Lipinski definition) is 5. The summed E-state index contributed by atoms with van der Waals surface area (Å²) in [6, 6.07) is 8.11. The van der Waals surface area contributed by atoms with Gasteiger partial charge in [0.25, 0.3) is 0 Å². The smallest absolute Gasteiger partial charge is 0.122 e. The van der Waals surface area contributed by atoms with Gasteiger partial charge < -0.3 is 14.6 Å². The molecule has 0 aliphatic carbocycles. The highest BCUT2D eigenvalue weighted by Gasteiger charge is 2.24. The summed E-state index contributed by atoms with van der Waals surface area (Å²) in [5, 5.41) is 10.4. The Labute approximate surface area is 157 Å². The van der Waals surface area contributed by atoms with Gasteiger partial charge in [-0.2, -0.15) is 0 Å². The van der Waals surface area contributed by atoms with Crippen LogP contribution in [0.4, 0.5) is 0 Å². The van der Waals surface area contributed by atoms with Crippen molar-refractivity contribution in [2.75, 3.05) is 52.5 Å². The third-order valence-electron chi connectivity index (χ3n) is 5.39. The van der Waals surface area contributed by atoms with Gasteiger partial charge in [-0.25, -0.2) is 0 Å². The third kappa shape index (κ3) is 5.68. The summed E-state index contributed by atoms with van der Waals surface area (Å²) in [5.41, 5.74) is 1.20. The first-order valence-electron chi connectivity index (χ1n) is 10.1. The van der Waals surface area contributed by atoms with Crippen LogP contribution in [-0.4, -0.2) is 79.6 Å². The van der Waals surface area contributed by atoms with Crippen LogP contribution >= 0.6 is 0 Å². The average Bonchev–Trinajstić information content (AvgIpc) is 3.15. The first-order chi connectivity index (χ1) is 12.6. The molecule has 5 nitrogen and oxygen atoms in total. The molecule has 0 amide bonds. The van der Waals surface area contributed by atoms with E-state index in [9.17, 15) is 5.11 Å². The van der Waals surface area contributed by atoms with E-state index in [0.717, 1.165) is 45.1 Å². The Bertz CT molecular complexity index is 538. The second-order valence-electron chi connectivity index (χ2n) is 7.89. The van der Waals surface area contributed by atoms with Crippen molar-refractivity contribution in [1.82, 2.24) is 9.80 Å². The lowest BCUT2D eigenvalue weighted by Gasteiger charge is -2.36. The number of nitrogens with zero attached hydrogens (tertiary/aromatic N) is 2. The third-order valence-corrected chi connectivity index (χ3v) is 5.39. The van der Waals surface area contributed by atoms with Gasteiger partial charge >= 0.3 is 0 Å². The van der Waals surface area contributed by atoms with E-state index in [1.54, 1.807) is 0 Å². The predicted octanol–water partition coefficient (Wildman–Crippen LogP) is 2.35. The van der Waals surface area contributed by atoms with Gasteiger partial charge in [0.15, 0.2) is 0 Å². The van der Waals surface area contributed by atoms with Gasteiger partial charge in [0, 0.05) is 45.9 Å². The van der Waals surface area contributed by atoms with Crippen LogP contribution in [0.15, 0.2) is 24.3 Å². The van der Waals surface area contributed by atoms with Gasteiger partial charge in [-0.3, -0.25) is 9.80 Å². The Hall–Kier alpha value is -1.14. The summed E-state index contributed by atoms with van der Waals surface area (Å²) in [6.45, 7) is 11.5. The van der Waals surface area contributed by atoms with E-state index in [0.29, 0.717) is 25.2 Å². The molecule has 2 fully saturated rings. The van der Waals surface area contributed by atoms with Crippen LogP contribution in [0, 0.1) is 0 Å². The second kappa shape index (κ2) is 9.70. The van der Waals surface area contributed by atoms with Gasteiger partial charge in [0.2, 0.25) is 0 Å². The SMILES string of the molecule is CC(C)c1ccccc1OC[C@H](O)CN1CCN(C[C@H]2CCCO2)CC1. The molecule has 146 valence electrons. The van der Waals surface area contributed by atoms with Crippen LogP contribution in [0.3, 0.4) is 0 Å². The van der Waals surface area contributed by atoms with Crippen LogP contribution in [0.5, 0.6) is 5.75 Å². The molecular formula is C21H34N2O3. The van der Waals surface area contributed by atoms with Crippen molar-refractivity contribution in [3.05, 3.63) is 29.8 Å². The number of rotatable bonds is 8. The summed E-state index contributed by atoms with van der Waals surface area (Å²) >= 11 is 0. The van der Waals surface area contributed by atoms with Crippen molar-refractivity contribution >= 4 is 0 Å². The Morgan fingerprint density at radius 3 is 2.58 bits per heavy atom. The zero-order valence-corrected chi connectivity index (χ0v) is 16.3. The van der Waals surface area contributed by atoms with Crippen LogP contribution in [0.1, 0.15) is 38.2 Å². The number of para-hydroxylation sites is 1. The van der Waals surface area contributed by atoms with Crippen molar-refractivity contribution < 1.29 is 14.6 Å². The fourth-order valence-electron chi connectivity index (χ4n) is 3.86. The molecule has 2 atom stereocenters. The molecule has 26 heavy (non-hydrogen) atoms. The van der Waals surface area contributed by atoms with Crippen molar-refractivity contribution in [3.8, 4) is 5.75 Å². The first-order valence-corrected chi connectivity index (χ1v) is 10.1. The summed E-state index contributed by atoms with van der Waals surface area (Å²) < 4.78 is 11.6. The fraction of sp³-hybridized carbons (Fsp3) is 0.714. The molecule has 0 unspecified atom stereocenters. The Morgan fingerprint density at radius 2 is 1.88 bits per heavy atom. The van der Waals surface area contributed by atoms with Crippen LogP contribution in [0.25, 0.3) is 0 Å². The molecule has 2 saturated heterocycles. The maximum atomic E-state index is 10.4. The number of benzene rings is 1. The van der Waals surface area contributed by atoms with Crippen LogP contribution < -0.4 is 4.74 Å². The van der Waals surface area contributed by atoms with Gasteiger partial charge in [-0.1, -0.05) is 32.0 Å². The number of aliphatic hydroxyl groups is 1. The molecule has 0 radical (unpaired) electrons. The number of piperazine rings is 1. The molecule has 5 heteroatoms. The van der Waals surface area contributed by atoms with E-state index >= 15 is 0 Å². The van der Waals surface area contributed by atoms with Gasteiger partial charge in [-0.05, 0) is 30.4 Å². The normalized spacial score (nSPS) is 23.5. The van der Waals surface area contributed by atoms with Crippen molar-refractivity contribution in [2.24, 2.45) is 0 Å². The minimum absolute atomic E-state index is 0.347. The predicted molar refractivity (Wildman–Crippen MR) is 104 cm³/mol. The minimum Gasteiger partial charge on any atom is -0.491 e. The molecule has 1 N–H and O–H groups in total. The summed E-state index contributed by atoms with van der Waals surface area (Å²) in [5.74, 6) is 1.31. The second-order valence-corrected chi connectivity index (χ2v) is 7.89. The first kappa shape index (κ1) is 19.6. The van der Waals surface area contributed by atoms with Gasteiger partial charge in [0.1, 0.15) is 18.5 Å². The van der Waals surface area contributed by atoms with E-state index in [1.165, 1.54) is 18.4 Å². The molecule has 0 spiro atoms. The Kier molecular flexibility index (Phi) is 7.32. The van der Waals surface area contributed by atoms with E-state index in [4.69, 9.17) is 9.47 Å². The molecule has 0 saturated carbocycles. The fourth-order valence-corrected chi connectivity index (χ4v) is 3.86. The van der Waals surface area contributed by atoms with Gasteiger partial charge in [0.05, 0.1) is 6.10 Å². The topological polar surface area (TPSA) is 45.2 Å². The molecule has 0 bridgehead atoms. The number of hydrogen-bond donors (Lipinski definition) is 1. The molecule has 0 aromatic heterocycles. The highest BCUT2D eigenvalue weighted by molar-refractivity contribution is 5.35. The molecular weight excluding hydrogens is 328 g/mol. The van der Waals surface area contributed by atoms with E-state index in [-0.39, 0.29) is 0 Å². The molecule has 1 aromatic rings. The van der Waals surface area contributed by atoms with E-state index in [1.807, 2.05) is 18.2 Å². The lowest BCUT2D eigenvalue weighted by molar-refractivity contribution is 0.0262. The number of β-amino-alcohol motifs (C(OH)–C–C–N with tert-alkyl or cyclic N) is 1. The Morgan fingerprint density at radius 1 is 1.15 bits per heavy atom. The standard InChI is InChI=1S/C21H34N2O3/c1-17(2)20-7-3-4-8-21(20)26-16-18(24)14-22-9-11-23(12-10-22)15-19-6-5-13-25-19/h3-4,7-8,17-19,24H,5-6,9-16H2,1-2H3/t18-,19-/m1/s1. The quantitative estimate of drug-likeness (QED) is 0.769. The maximum absolute atomic E-state index is 10.4. The number of aliphatic hydroxyl groups excluding tert-OH is 1. The number of ether oxygens (including phenoxy) is 2. The minimum atomic E-state index is -0.458. The van der Waals surface area contributed by atoms with E-state index < -0.39 is 6.10 Å². The largest absolute Gasteiger partial charge is 0.491 e. The van der Waals surface area contributed by atoms with Crippen molar-refractivity contribution in [2.45, 2.75) is 44.8 Å². The van der Waals surface area contributed by atoms with Gasteiger partial charge in [-0.15, -0.1) is 0 Å². The lowest BCUT2D eigenvalue weighted by Crippen LogP contribution is -2.50. The Balaban J connectivity index is 1.37. The molecule has 3 rings (SSSR count). The summed E-state index contributed by atoms with van der Waals surface area (Å²) in [6.07, 6.45) is 2.38. The average molecular weight is 363 g/mol. The summed E-state index contributed by atoms with van der Waals surface area (Å²) in [4.78, 5) is 4.84. The molecule has 2 heterocycles. The van der Waals surface area contributed by atoms with Crippen molar-refractivity contribution in [1.29, 1.82) is 0 Å². The highest BCUT2D eigenvalue weighted by atomic mass is 16.5. The zero-order chi connectivity index (χ0) is 18.4. The maximum Gasteiger partial charge on any atom is 0.122 e. The molecule has 2 aliphatic heterocycles. The van der Waals surface area contributed by atoms with Crippen LogP contribution in [-0.2, 0) is 4.74 Å². The van der Waals surface area contributed by atoms with Crippen molar-refractivity contribution in [3.63, 3.8) is 0 Å². The lowest BCUT2D eigenvalue weighted by atomic mass is 10.0. The molecule has 2 aliphatic rings. The monoisotopic (exact) mass is 362 g/mol.